The van der Waals surface area contributed by atoms with Crippen molar-refractivity contribution in [2.75, 3.05) is 24.5 Å². The monoisotopic (exact) mass is 583 g/mol. The number of carbonyl (C=O) groups is 2. The molecule has 0 aliphatic rings. The summed E-state index contributed by atoms with van der Waals surface area (Å²) < 4.78 is 48.1. The van der Waals surface area contributed by atoms with Crippen molar-refractivity contribution in [2.45, 2.75) is 57.5 Å². The van der Waals surface area contributed by atoms with Gasteiger partial charge in [-0.2, -0.15) is 0 Å². The first-order valence-corrected chi connectivity index (χ1v) is 15.1. The molecular formula is C31H38FN3O5S. The molecule has 0 aliphatic heterocycles. The Morgan fingerprint density at radius 1 is 1.00 bits per heavy atom. The van der Waals surface area contributed by atoms with Gasteiger partial charge < -0.3 is 15.0 Å². The maximum absolute atomic E-state index is 14.1. The summed E-state index contributed by atoms with van der Waals surface area (Å²) in [6, 6.07) is 17.7. The number of hydrogen-bond donors (Lipinski definition) is 1. The second-order valence-corrected chi connectivity index (χ2v) is 11.6. The lowest BCUT2D eigenvalue weighted by molar-refractivity contribution is -0.140. The first-order chi connectivity index (χ1) is 19.6. The summed E-state index contributed by atoms with van der Waals surface area (Å²) in [6.45, 7) is 5.47. The molecule has 0 fully saturated rings. The van der Waals surface area contributed by atoms with Crippen LogP contribution >= 0.6 is 0 Å². The summed E-state index contributed by atoms with van der Waals surface area (Å²) in [5, 5.41) is 2.89. The highest BCUT2D eigenvalue weighted by Crippen LogP contribution is 2.33. The molecule has 0 aromatic heterocycles. The molecule has 220 valence electrons. The fraction of sp³-hybridized carbons (Fsp3) is 0.355. The highest BCUT2D eigenvalue weighted by atomic mass is 32.2. The van der Waals surface area contributed by atoms with Crippen molar-refractivity contribution in [3.63, 3.8) is 0 Å². The van der Waals surface area contributed by atoms with Crippen LogP contribution in [0.5, 0.6) is 5.75 Å². The van der Waals surface area contributed by atoms with Gasteiger partial charge in [-0.15, -0.1) is 0 Å². The fourth-order valence-corrected chi connectivity index (χ4v) is 5.88. The summed E-state index contributed by atoms with van der Waals surface area (Å²) in [4.78, 5) is 28.7. The van der Waals surface area contributed by atoms with E-state index in [1.807, 2.05) is 13.8 Å². The van der Waals surface area contributed by atoms with E-state index in [1.54, 1.807) is 55.5 Å². The van der Waals surface area contributed by atoms with Gasteiger partial charge in [0, 0.05) is 13.1 Å². The Kier molecular flexibility index (Phi) is 11.3. The Hall–Kier alpha value is -3.92. The van der Waals surface area contributed by atoms with Gasteiger partial charge in [0.25, 0.3) is 10.0 Å². The topological polar surface area (TPSA) is 96.0 Å². The first kappa shape index (κ1) is 31.6. The van der Waals surface area contributed by atoms with Crippen molar-refractivity contribution < 1.29 is 27.1 Å². The maximum Gasteiger partial charge on any atom is 0.264 e. The fourth-order valence-electron chi connectivity index (χ4n) is 4.44. The van der Waals surface area contributed by atoms with E-state index in [4.69, 9.17) is 4.74 Å². The second kappa shape index (κ2) is 14.6. The number of halogens is 1. The van der Waals surface area contributed by atoms with Gasteiger partial charge in [-0.25, -0.2) is 12.8 Å². The number of aryl methyl sites for hydroxylation is 1. The highest BCUT2D eigenvalue weighted by Gasteiger charge is 2.34. The predicted octanol–water partition coefficient (Wildman–Crippen LogP) is 5.06. The Morgan fingerprint density at radius 2 is 1.68 bits per heavy atom. The van der Waals surface area contributed by atoms with Crippen LogP contribution in [0.1, 0.15) is 44.2 Å². The standard InChI is InChI=1S/C31H38FN3O5S/c1-5-7-19-33-31(37)27(6-2)34(21-24-14-16-25(32)17-15-24)30(36)22-35(28-20-23(3)13-18-29(28)40-4)41(38,39)26-11-9-8-10-12-26/h8-18,20,27H,5-7,19,21-22H2,1-4H3,(H,33,37)/t27-/m1/s1. The lowest BCUT2D eigenvalue weighted by Gasteiger charge is -2.33. The smallest absolute Gasteiger partial charge is 0.264 e. The zero-order chi connectivity index (χ0) is 30.0. The quantitative estimate of drug-likeness (QED) is 0.268. The third-order valence-corrected chi connectivity index (χ3v) is 8.47. The van der Waals surface area contributed by atoms with Gasteiger partial charge in [-0.05, 0) is 67.3 Å². The van der Waals surface area contributed by atoms with Crippen molar-refractivity contribution in [1.29, 1.82) is 0 Å². The number of amides is 2. The van der Waals surface area contributed by atoms with Crippen molar-refractivity contribution in [1.82, 2.24) is 10.2 Å². The van der Waals surface area contributed by atoms with Crippen LogP contribution in [0.15, 0.2) is 77.7 Å². The number of methoxy groups -OCH3 is 1. The summed E-state index contributed by atoms with van der Waals surface area (Å²) in [7, 11) is -2.80. The highest BCUT2D eigenvalue weighted by molar-refractivity contribution is 7.92. The van der Waals surface area contributed by atoms with Crippen LogP contribution in [0.4, 0.5) is 10.1 Å². The van der Waals surface area contributed by atoms with Crippen LogP contribution in [0.2, 0.25) is 0 Å². The average Bonchev–Trinajstić information content (AvgIpc) is 2.97. The SMILES string of the molecule is CCCCNC(=O)[C@@H](CC)N(Cc1ccc(F)cc1)C(=O)CN(c1cc(C)ccc1OC)S(=O)(=O)c1ccccc1. The number of ether oxygens (including phenoxy) is 1. The van der Waals surface area contributed by atoms with E-state index in [-0.39, 0.29) is 28.8 Å². The van der Waals surface area contributed by atoms with Crippen molar-refractivity contribution in [2.24, 2.45) is 0 Å². The molecule has 1 N–H and O–H groups in total. The molecular weight excluding hydrogens is 545 g/mol. The zero-order valence-corrected chi connectivity index (χ0v) is 24.8. The van der Waals surface area contributed by atoms with Gasteiger partial charge in [0.15, 0.2) is 0 Å². The molecule has 3 rings (SSSR count). The summed E-state index contributed by atoms with van der Waals surface area (Å²) >= 11 is 0. The second-order valence-electron chi connectivity index (χ2n) is 9.72. The molecule has 0 saturated heterocycles. The van der Waals surface area contributed by atoms with Gasteiger partial charge in [-0.3, -0.25) is 13.9 Å². The Morgan fingerprint density at radius 3 is 2.29 bits per heavy atom. The lowest BCUT2D eigenvalue weighted by atomic mass is 10.1. The summed E-state index contributed by atoms with van der Waals surface area (Å²) in [5.74, 6) is -1.07. The number of anilines is 1. The molecule has 0 radical (unpaired) electrons. The van der Waals surface area contributed by atoms with Crippen LogP contribution in [-0.4, -0.2) is 51.4 Å². The number of rotatable bonds is 14. The number of benzene rings is 3. The van der Waals surface area contributed by atoms with Gasteiger partial charge in [0.2, 0.25) is 11.8 Å². The number of unbranched alkanes of at least 4 members (excludes halogenated alkanes) is 1. The molecule has 0 spiro atoms. The molecule has 0 unspecified atom stereocenters. The van der Waals surface area contributed by atoms with Crippen LogP contribution in [0.25, 0.3) is 0 Å². The molecule has 8 nitrogen and oxygen atoms in total. The maximum atomic E-state index is 14.1. The molecule has 0 bridgehead atoms. The Bertz CT molecular complexity index is 1420. The van der Waals surface area contributed by atoms with Crippen LogP contribution in [0.3, 0.4) is 0 Å². The predicted molar refractivity (Wildman–Crippen MR) is 158 cm³/mol. The van der Waals surface area contributed by atoms with Gasteiger partial charge in [0.05, 0.1) is 17.7 Å². The molecule has 0 aliphatic carbocycles. The molecule has 3 aromatic carbocycles. The van der Waals surface area contributed by atoms with Gasteiger partial charge in [-0.1, -0.05) is 56.7 Å². The largest absolute Gasteiger partial charge is 0.495 e. The van der Waals surface area contributed by atoms with Crippen LogP contribution in [0, 0.1) is 12.7 Å². The van der Waals surface area contributed by atoms with E-state index in [2.05, 4.69) is 5.32 Å². The molecule has 41 heavy (non-hydrogen) atoms. The van der Waals surface area contributed by atoms with Gasteiger partial charge >= 0.3 is 0 Å². The first-order valence-electron chi connectivity index (χ1n) is 13.7. The molecule has 1 atom stereocenters. The number of nitrogens with one attached hydrogen (secondary N) is 1. The molecule has 2 amide bonds. The average molecular weight is 584 g/mol. The molecule has 3 aromatic rings. The van der Waals surface area contributed by atoms with E-state index in [9.17, 15) is 22.4 Å². The third kappa shape index (κ3) is 8.07. The van der Waals surface area contributed by atoms with E-state index in [0.717, 1.165) is 22.7 Å². The third-order valence-electron chi connectivity index (χ3n) is 6.69. The minimum atomic E-state index is -4.23. The summed E-state index contributed by atoms with van der Waals surface area (Å²) in [6.07, 6.45) is 1.97. The lowest BCUT2D eigenvalue weighted by Crippen LogP contribution is -2.52. The number of carbonyl (C=O) groups excluding carboxylic acids is 2. The van der Waals surface area contributed by atoms with E-state index in [1.165, 1.54) is 36.3 Å². The minimum Gasteiger partial charge on any atom is -0.495 e. The molecule has 0 heterocycles. The number of hydrogen-bond acceptors (Lipinski definition) is 5. The van der Waals surface area contributed by atoms with E-state index < -0.39 is 34.3 Å². The Balaban J connectivity index is 2.08. The van der Waals surface area contributed by atoms with Crippen molar-refractivity contribution in [3.05, 3.63) is 89.7 Å². The van der Waals surface area contributed by atoms with Crippen LogP contribution < -0.4 is 14.4 Å². The number of sulfonamides is 1. The van der Waals surface area contributed by atoms with E-state index in [0.29, 0.717) is 18.5 Å². The Labute approximate surface area is 242 Å². The number of nitrogens with zero attached hydrogens (tertiary/aromatic N) is 2. The van der Waals surface area contributed by atoms with E-state index >= 15 is 0 Å². The summed E-state index contributed by atoms with van der Waals surface area (Å²) in [5.41, 5.74) is 1.57. The zero-order valence-electron chi connectivity index (χ0n) is 24.0. The molecule has 0 saturated carbocycles. The van der Waals surface area contributed by atoms with Crippen LogP contribution in [-0.2, 0) is 26.2 Å². The van der Waals surface area contributed by atoms with Crippen molar-refractivity contribution >= 4 is 27.5 Å². The van der Waals surface area contributed by atoms with Crippen molar-refractivity contribution in [3.8, 4) is 5.75 Å². The van der Waals surface area contributed by atoms with Gasteiger partial charge in [0.1, 0.15) is 24.2 Å². The normalized spacial score (nSPS) is 11.9. The minimum absolute atomic E-state index is 0.00536. The molecule has 10 heteroatoms.